The zero-order chi connectivity index (χ0) is 27.0. The van der Waals surface area contributed by atoms with Gasteiger partial charge in [0.25, 0.3) is 5.91 Å². The molecule has 1 aromatic carbocycles. The Bertz CT molecular complexity index is 1470. The molecule has 6 N–H and O–H groups in total. The molecule has 0 spiro atoms. The number of hydrogen-bond acceptors (Lipinski definition) is 10. The first-order chi connectivity index (χ1) is 17.4. The Morgan fingerprint density at radius 1 is 1.19 bits per heavy atom. The highest BCUT2D eigenvalue weighted by Gasteiger charge is 2.63. The lowest BCUT2D eigenvalue weighted by Crippen LogP contribution is -2.63. The number of phenols is 1. The molecule has 4 atom stereocenters. The van der Waals surface area contributed by atoms with Crippen molar-refractivity contribution in [2.24, 2.45) is 17.6 Å². The number of aliphatic hydroxyl groups is 3. The second-order valence-corrected chi connectivity index (χ2v) is 10.7. The van der Waals surface area contributed by atoms with E-state index in [0.717, 1.165) is 0 Å². The smallest absolute Gasteiger partial charge is 0.255 e. The first kappa shape index (κ1) is 24.9. The molecule has 1 aromatic heterocycles. The fourth-order valence-corrected chi connectivity index (χ4v) is 7.02. The molecular weight excluding hydrogens is 500 g/mol. The van der Waals surface area contributed by atoms with Crippen molar-refractivity contribution in [2.75, 3.05) is 14.1 Å². The second-order valence-electron chi connectivity index (χ2n) is 9.77. The third-order valence-electron chi connectivity index (χ3n) is 7.67. The van der Waals surface area contributed by atoms with Crippen LogP contribution in [0.4, 0.5) is 0 Å². The number of nitrogens with zero attached hydrogens (tertiary/aromatic N) is 1. The molecule has 11 heteroatoms. The number of carbonyl (C=O) groups is 4. The van der Waals surface area contributed by atoms with Gasteiger partial charge in [-0.25, -0.2) is 0 Å². The Morgan fingerprint density at radius 3 is 2.51 bits per heavy atom. The molecular formula is C26H24N2O8S. The van der Waals surface area contributed by atoms with Crippen LogP contribution in [0.25, 0.3) is 10.4 Å². The predicted molar refractivity (Wildman–Crippen MR) is 132 cm³/mol. The number of ketones is 2. The number of aliphatic hydroxyl groups excluding tert-OH is 2. The predicted octanol–water partition coefficient (Wildman–Crippen LogP) is 1.66. The first-order valence-electron chi connectivity index (χ1n) is 11.5. The SMILES string of the molecule is CN(C)[C@@H]1C(O)=C(C(N)=O)C(=O)[C@@]2(O)C(O)=C3C(=O)c4c(O)ccc(-c5sccc5C=O)c4C[C@H]3C[C@@H]12. The number of benzene rings is 1. The lowest BCUT2D eigenvalue weighted by molar-refractivity contribution is -0.148. The number of aromatic hydroxyl groups is 1. The molecule has 0 aliphatic heterocycles. The highest BCUT2D eigenvalue weighted by Crippen LogP contribution is 2.53. The molecule has 0 bridgehead atoms. The molecule has 1 heterocycles. The van der Waals surface area contributed by atoms with E-state index in [4.69, 9.17) is 5.73 Å². The number of nitrogens with two attached hydrogens (primary N) is 1. The Hall–Kier alpha value is -3.80. The quantitative estimate of drug-likeness (QED) is 0.294. The van der Waals surface area contributed by atoms with Gasteiger partial charge in [0.2, 0.25) is 5.78 Å². The molecule has 5 rings (SSSR count). The largest absolute Gasteiger partial charge is 0.510 e. The third kappa shape index (κ3) is 3.24. The number of amides is 1. The van der Waals surface area contributed by atoms with Crippen LogP contribution >= 0.6 is 11.3 Å². The lowest BCUT2D eigenvalue weighted by atomic mass is 9.58. The zero-order valence-corrected chi connectivity index (χ0v) is 20.7. The minimum Gasteiger partial charge on any atom is -0.510 e. The summed E-state index contributed by atoms with van der Waals surface area (Å²) in [7, 11) is 3.14. The van der Waals surface area contributed by atoms with E-state index in [9.17, 15) is 39.6 Å². The van der Waals surface area contributed by atoms with Crippen molar-refractivity contribution in [3.8, 4) is 16.2 Å². The molecule has 0 fully saturated rings. The van der Waals surface area contributed by atoms with Crippen LogP contribution in [0.2, 0.25) is 0 Å². The number of allylic oxidation sites excluding steroid dienone is 1. The monoisotopic (exact) mass is 524 g/mol. The Morgan fingerprint density at radius 2 is 1.89 bits per heavy atom. The number of likely N-dealkylation sites (N-methyl/N-ethyl adjacent to an activating group) is 1. The standard InChI is InChI=1S/C26H24N2O8S/c1-28(2)19-14-8-11-7-13-12(22-10(9-29)5-6-37-22)3-4-15(30)17(13)20(31)16(11)23(33)26(14,36)24(34)18(21(19)32)25(27)35/h3-6,9,11,14,19,30,32-33,36H,7-8H2,1-2H3,(H2,27,35)/t11-,14-,19-,26-/m0/s1. The van der Waals surface area contributed by atoms with Gasteiger partial charge in [-0.3, -0.25) is 24.1 Å². The van der Waals surface area contributed by atoms with Gasteiger partial charge in [-0.1, -0.05) is 0 Å². The number of Topliss-reactive ketones (excluding diaryl/α,β-unsaturated/α-hetero) is 2. The van der Waals surface area contributed by atoms with Crippen molar-refractivity contribution in [1.82, 2.24) is 4.90 Å². The molecule has 0 saturated heterocycles. The number of thiophene rings is 1. The highest BCUT2D eigenvalue weighted by atomic mass is 32.1. The summed E-state index contributed by atoms with van der Waals surface area (Å²) in [5.41, 5.74) is 2.96. The maximum absolute atomic E-state index is 13.7. The summed E-state index contributed by atoms with van der Waals surface area (Å²) in [6, 6.07) is 3.52. The Kier molecular flexibility index (Phi) is 5.63. The molecule has 3 aliphatic carbocycles. The number of hydrogen-bond donors (Lipinski definition) is 5. The van der Waals surface area contributed by atoms with Gasteiger partial charge in [0.1, 0.15) is 22.8 Å². The summed E-state index contributed by atoms with van der Waals surface area (Å²) >= 11 is 1.30. The van der Waals surface area contributed by atoms with Crippen molar-refractivity contribution >= 4 is 35.1 Å². The van der Waals surface area contributed by atoms with Crippen LogP contribution < -0.4 is 5.73 Å². The zero-order valence-electron chi connectivity index (χ0n) is 19.9. The van der Waals surface area contributed by atoms with Crippen molar-refractivity contribution in [1.29, 1.82) is 0 Å². The fraction of sp³-hybridized carbons (Fsp3) is 0.308. The van der Waals surface area contributed by atoms with Gasteiger partial charge in [0.05, 0.1) is 11.6 Å². The van der Waals surface area contributed by atoms with Gasteiger partial charge >= 0.3 is 0 Å². The summed E-state index contributed by atoms with van der Waals surface area (Å²) in [6.07, 6.45) is 0.842. The fourth-order valence-electron chi connectivity index (χ4n) is 6.09. The third-order valence-corrected chi connectivity index (χ3v) is 8.64. The number of primary amides is 1. The average Bonchev–Trinajstić information content (AvgIpc) is 3.29. The molecule has 0 unspecified atom stereocenters. The summed E-state index contributed by atoms with van der Waals surface area (Å²) in [4.78, 5) is 52.8. The molecule has 37 heavy (non-hydrogen) atoms. The van der Waals surface area contributed by atoms with Gasteiger partial charge in [-0.2, -0.15) is 0 Å². The highest BCUT2D eigenvalue weighted by molar-refractivity contribution is 7.14. The summed E-state index contributed by atoms with van der Waals surface area (Å²) < 4.78 is 0. The summed E-state index contributed by atoms with van der Waals surface area (Å²) in [5.74, 6) is -7.01. The van der Waals surface area contributed by atoms with Crippen LogP contribution in [0.3, 0.4) is 0 Å². The molecule has 1 amide bonds. The molecule has 2 aromatic rings. The van der Waals surface area contributed by atoms with E-state index in [1.807, 2.05) is 0 Å². The van der Waals surface area contributed by atoms with E-state index < -0.39 is 58.0 Å². The van der Waals surface area contributed by atoms with Gasteiger partial charge in [0, 0.05) is 21.9 Å². The summed E-state index contributed by atoms with van der Waals surface area (Å²) in [5, 5.41) is 46.2. The van der Waals surface area contributed by atoms with Crippen molar-refractivity contribution in [3.63, 3.8) is 0 Å². The topological polar surface area (TPSA) is 178 Å². The van der Waals surface area contributed by atoms with E-state index in [-0.39, 0.29) is 29.7 Å². The minimum atomic E-state index is -2.68. The molecule has 3 aliphatic rings. The van der Waals surface area contributed by atoms with Crippen molar-refractivity contribution in [2.45, 2.75) is 24.5 Å². The lowest BCUT2D eigenvalue weighted by Gasteiger charge is -2.50. The van der Waals surface area contributed by atoms with Gasteiger partial charge in [-0.05, 0) is 67.6 Å². The van der Waals surface area contributed by atoms with Crippen LogP contribution in [0.5, 0.6) is 5.75 Å². The first-order valence-corrected chi connectivity index (χ1v) is 12.4. The van der Waals surface area contributed by atoms with Gasteiger partial charge in [-0.15, -0.1) is 11.3 Å². The van der Waals surface area contributed by atoms with E-state index >= 15 is 0 Å². The molecule has 10 nitrogen and oxygen atoms in total. The van der Waals surface area contributed by atoms with E-state index in [2.05, 4.69) is 0 Å². The number of fused-ring (bicyclic) bond motifs is 3. The Balaban J connectivity index is 1.74. The van der Waals surface area contributed by atoms with Crippen LogP contribution in [-0.4, -0.2) is 74.8 Å². The second kappa shape index (κ2) is 8.37. The molecule has 0 saturated carbocycles. The maximum atomic E-state index is 13.7. The number of phenolic OH excluding ortho intramolecular Hbond substituents is 1. The van der Waals surface area contributed by atoms with E-state index in [1.54, 1.807) is 31.6 Å². The number of aldehydes is 1. The number of carbonyl (C=O) groups excluding carboxylic acids is 4. The van der Waals surface area contributed by atoms with Crippen LogP contribution in [0, 0.1) is 11.8 Å². The van der Waals surface area contributed by atoms with Crippen molar-refractivity contribution in [3.05, 3.63) is 62.9 Å². The van der Waals surface area contributed by atoms with Crippen LogP contribution in [0.15, 0.2) is 46.2 Å². The minimum absolute atomic E-state index is 0.00810. The summed E-state index contributed by atoms with van der Waals surface area (Å²) in [6.45, 7) is 0. The molecule has 0 radical (unpaired) electrons. The van der Waals surface area contributed by atoms with Crippen molar-refractivity contribution < 1.29 is 39.6 Å². The van der Waals surface area contributed by atoms with Gasteiger partial charge in [0.15, 0.2) is 17.7 Å². The van der Waals surface area contributed by atoms with E-state index in [0.29, 0.717) is 27.9 Å². The maximum Gasteiger partial charge on any atom is 0.255 e. The Labute approximate surface area is 214 Å². The van der Waals surface area contributed by atoms with Crippen LogP contribution in [0.1, 0.15) is 32.7 Å². The normalized spacial score (nSPS) is 27.2. The van der Waals surface area contributed by atoms with E-state index in [1.165, 1.54) is 22.3 Å². The average molecular weight is 525 g/mol. The number of rotatable bonds is 4. The molecule has 192 valence electrons. The van der Waals surface area contributed by atoms with Crippen LogP contribution in [-0.2, 0) is 16.0 Å². The van der Waals surface area contributed by atoms with Gasteiger partial charge < -0.3 is 26.2 Å².